The number of carbonyl (C=O) groups excluding carboxylic acids is 2. The van der Waals surface area contributed by atoms with Gasteiger partial charge in [-0.05, 0) is 17.7 Å². The fraction of sp³-hybridized carbons (Fsp3) is 0.444. The van der Waals surface area contributed by atoms with Gasteiger partial charge < -0.3 is 9.64 Å². The third-order valence-corrected chi connectivity index (χ3v) is 5.67. The van der Waals surface area contributed by atoms with Gasteiger partial charge in [0.1, 0.15) is 11.9 Å². The summed E-state index contributed by atoms with van der Waals surface area (Å²) in [6.45, 7) is 3.16. The van der Waals surface area contributed by atoms with E-state index in [1.54, 1.807) is 18.0 Å². The first-order valence-corrected chi connectivity index (χ1v) is 9.64. The van der Waals surface area contributed by atoms with Crippen LogP contribution in [-0.4, -0.2) is 63.4 Å². The Kier molecular flexibility index (Phi) is 4.79. The molecule has 8 nitrogen and oxygen atoms in total. The molecule has 0 saturated carbocycles. The maximum absolute atomic E-state index is 12.3. The summed E-state index contributed by atoms with van der Waals surface area (Å²) in [7, 11) is 1.78. The highest BCUT2D eigenvalue weighted by atomic mass is 32.1. The van der Waals surface area contributed by atoms with Crippen LogP contribution < -0.4 is 5.32 Å². The molecule has 1 spiro atoms. The molecule has 3 heterocycles. The summed E-state index contributed by atoms with van der Waals surface area (Å²) in [6, 6.07) is 7.61. The van der Waals surface area contributed by atoms with Gasteiger partial charge in [-0.25, -0.2) is 9.78 Å². The van der Waals surface area contributed by atoms with Gasteiger partial charge in [-0.2, -0.15) is 4.37 Å². The normalized spacial score (nSPS) is 19.3. The number of rotatable bonds is 4. The van der Waals surface area contributed by atoms with Crippen molar-refractivity contribution in [3.05, 3.63) is 41.7 Å². The van der Waals surface area contributed by atoms with Crippen molar-refractivity contribution < 1.29 is 14.3 Å². The van der Waals surface area contributed by atoms with Gasteiger partial charge in [0, 0.05) is 56.6 Å². The Morgan fingerprint density at radius 1 is 1.37 bits per heavy atom. The van der Waals surface area contributed by atoms with E-state index in [-0.39, 0.29) is 17.6 Å². The van der Waals surface area contributed by atoms with Gasteiger partial charge in [0.2, 0.25) is 5.13 Å². The van der Waals surface area contributed by atoms with Gasteiger partial charge in [-0.1, -0.05) is 12.1 Å². The molecule has 27 heavy (non-hydrogen) atoms. The standard InChI is InChI=1S/C18H21N5O3S/c1-22-11-18(26-17(22)25)5-7-23(8-6-18)10-13-3-2-4-14(9-13)15(24)21-16-19-12-20-27-16/h2-4,9,12H,5-8,10-11H2,1H3,(H,19,20,21,24). The van der Waals surface area contributed by atoms with Crippen LogP contribution in [0.5, 0.6) is 0 Å². The second-order valence-electron chi connectivity index (χ2n) is 7.08. The molecule has 2 aliphatic rings. The van der Waals surface area contributed by atoms with Crippen molar-refractivity contribution in [2.45, 2.75) is 25.0 Å². The molecule has 1 N–H and O–H groups in total. The summed E-state index contributed by atoms with van der Waals surface area (Å²) in [5, 5.41) is 3.24. The van der Waals surface area contributed by atoms with Gasteiger partial charge in [-0.15, -0.1) is 0 Å². The Labute approximate surface area is 161 Å². The van der Waals surface area contributed by atoms with Crippen LogP contribution in [0.2, 0.25) is 0 Å². The van der Waals surface area contributed by atoms with Crippen molar-refractivity contribution in [2.24, 2.45) is 0 Å². The Bertz CT molecular complexity index is 833. The zero-order valence-corrected chi connectivity index (χ0v) is 15.9. The zero-order chi connectivity index (χ0) is 18.9. The summed E-state index contributed by atoms with van der Waals surface area (Å²) in [4.78, 5) is 32.0. The lowest BCUT2D eigenvalue weighted by Gasteiger charge is -2.37. The van der Waals surface area contributed by atoms with E-state index in [1.807, 2.05) is 18.2 Å². The lowest BCUT2D eigenvalue weighted by molar-refractivity contribution is -0.00119. The Morgan fingerprint density at radius 3 is 2.85 bits per heavy atom. The number of anilines is 1. The molecule has 2 saturated heterocycles. The van der Waals surface area contributed by atoms with Crippen molar-refractivity contribution in [1.29, 1.82) is 0 Å². The number of likely N-dealkylation sites (N-methyl/N-ethyl adjacent to an activating group) is 1. The number of hydrogen-bond acceptors (Lipinski definition) is 7. The molecule has 1 aromatic heterocycles. The Morgan fingerprint density at radius 2 is 2.19 bits per heavy atom. The molecule has 0 unspecified atom stereocenters. The highest BCUT2D eigenvalue weighted by Crippen LogP contribution is 2.33. The monoisotopic (exact) mass is 387 g/mol. The van der Waals surface area contributed by atoms with Crippen molar-refractivity contribution in [3.63, 3.8) is 0 Å². The van der Waals surface area contributed by atoms with Crippen LogP contribution in [0.15, 0.2) is 30.6 Å². The molecule has 4 rings (SSSR count). The number of nitrogens with zero attached hydrogens (tertiary/aromatic N) is 4. The zero-order valence-electron chi connectivity index (χ0n) is 15.1. The summed E-state index contributed by atoms with van der Waals surface area (Å²) < 4.78 is 9.48. The summed E-state index contributed by atoms with van der Waals surface area (Å²) in [6.07, 6.45) is 2.86. The predicted molar refractivity (Wildman–Crippen MR) is 101 cm³/mol. The van der Waals surface area contributed by atoms with Crippen LogP contribution in [-0.2, 0) is 11.3 Å². The summed E-state index contributed by atoms with van der Waals surface area (Å²) in [5.41, 5.74) is 1.35. The molecule has 9 heteroatoms. The number of ether oxygens (including phenoxy) is 1. The number of likely N-dealkylation sites (tertiary alicyclic amines) is 1. The minimum Gasteiger partial charge on any atom is -0.441 e. The number of benzene rings is 1. The van der Waals surface area contributed by atoms with E-state index >= 15 is 0 Å². The van der Waals surface area contributed by atoms with Gasteiger partial charge in [-0.3, -0.25) is 15.0 Å². The van der Waals surface area contributed by atoms with Gasteiger partial charge >= 0.3 is 6.09 Å². The highest BCUT2D eigenvalue weighted by molar-refractivity contribution is 7.09. The van der Waals surface area contributed by atoms with Crippen LogP contribution in [0.1, 0.15) is 28.8 Å². The molecule has 1 aromatic carbocycles. The Hall–Kier alpha value is -2.52. The lowest BCUT2D eigenvalue weighted by Crippen LogP contribution is -2.46. The number of amides is 2. The molecule has 0 bridgehead atoms. The van der Waals surface area contributed by atoms with E-state index in [4.69, 9.17) is 4.74 Å². The van der Waals surface area contributed by atoms with E-state index in [0.29, 0.717) is 17.2 Å². The number of nitrogens with one attached hydrogen (secondary N) is 1. The molecule has 142 valence electrons. The molecule has 2 aliphatic heterocycles. The van der Waals surface area contributed by atoms with Gasteiger partial charge in [0.25, 0.3) is 5.91 Å². The van der Waals surface area contributed by atoms with Crippen LogP contribution >= 0.6 is 11.5 Å². The van der Waals surface area contributed by atoms with Crippen molar-refractivity contribution in [2.75, 3.05) is 32.0 Å². The fourth-order valence-electron chi connectivity index (χ4n) is 3.64. The first-order chi connectivity index (χ1) is 13.0. The third-order valence-electron chi connectivity index (χ3n) is 5.09. The second-order valence-corrected chi connectivity index (χ2v) is 7.86. The van der Waals surface area contributed by atoms with Crippen LogP contribution in [0.25, 0.3) is 0 Å². The largest absolute Gasteiger partial charge is 0.441 e. The fourth-order valence-corrected chi connectivity index (χ4v) is 4.06. The minimum atomic E-state index is -0.328. The van der Waals surface area contributed by atoms with E-state index < -0.39 is 0 Å². The summed E-state index contributed by atoms with van der Waals surface area (Å²) in [5.74, 6) is -0.188. The van der Waals surface area contributed by atoms with E-state index in [9.17, 15) is 9.59 Å². The van der Waals surface area contributed by atoms with Crippen molar-refractivity contribution >= 4 is 28.7 Å². The molecular formula is C18H21N5O3S. The maximum Gasteiger partial charge on any atom is 0.410 e. The Balaban J connectivity index is 1.35. The molecule has 0 radical (unpaired) electrons. The quantitative estimate of drug-likeness (QED) is 0.865. The molecule has 2 aromatic rings. The highest BCUT2D eigenvalue weighted by Gasteiger charge is 2.45. The van der Waals surface area contributed by atoms with Crippen LogP contribution in [0.3, 0.4) is 0 Å². The average molecular weight is 387 g/mol. The number of piperidine rings is 1. The minimum absolute atomic E-state index is 0.188. The first kappa shape index (κ1) is 17.9. The maximum atomic E-state index is 12.3. The van der Waals surface area contributed by atoms with E-state index in [1.165, 1.54) is 6.33 Å². The van der Waals surface area contributed by atoms with E-state index in [0.717, 1.165) is 49.6 Å². The molecule has 2 fully saturated rings. The first-order valence-electron chi connectivity index (χ1n) is 8.86. The second kappa shape index (κ2) is 7.24. The lowest BCUT2D eigenvalue weighted by atomic mass is 9.91. The van der Waals surface area contributed by atoms with E-state index in [2.05, 4.69) is 19.6 Å². The third kappa shape index (κ3) is 3.93. The molecular weight excluding hydrogens is 366 g/mol. The molecule has 0 aliphatic carbocycles. The number of aromatic nitrogens is 2. The van der Waals surface area contributed by atoms with Crippen LogP contribution in [0, 0.1) is 0 Å². The molecule has 0 atom stereocenters. The van der Waals surface area contributed by atoms with Crippen molar-refractivity contribution in [3.8, 4) is 0 Å². The van der Waals surface area contributed by atoms with Gasteiger partial charge in [0.15, 0.2) is 0 Å². The topological polar surface area (TPSA) is 87.7 Å². The number of hydrogen-bond donors (Lipinski definition) is 1. The van der Waals surface area contributed by atoms with Crippen molar-refractivity contribution in [1.82, 2.24) is 19.2 Å². The van der Waals surface area contributed by atoms with Crippen LogP contribution in [0.4, 0.5) is 9.93 Å². The summed E-state index contributed by atoms with van der Waals surface area (Å²) >= 11 is 1.15. The average Bonchev–Trinajstić information content (AvgIpc) is 3.26. The number of carbonyl (C=O) groups is 2. The smallest absolute Gasteiger partial charge is 0.410 e. The predicted octanol–water partition coefficient (Wildman–Crippen LogP) is 2.21. The SMILES string of the molecule is CN1CC2(CCN(Cc3cccc(C(=O)Nc4ncns4)c3)CC2)OC1=O. The van der Waals surface area contributed by atoms with Gasteiger partial charge in [0.05, 0.1) is 6.54 Å². The molecule has 2 amide bonds.